The van der Waals surface area contributed by atoms with Crippen LogP contribution in [0.4, 0.5) is 0 Å². The van der Waals surface area contributed by atoms with Crippen LogP contribution in [0.1, 0.15) is 5.56 Å². The van der Waals surface area contributed by atoms with Gasteiger partial charge >= 0.3 is 0 Å². The quantitative estimate of drug-likeness (QED) is 0.515. The van der Waals surface area contributed by atoms with Gasteiger partial charge in [-0.3, -0.25) is 4.79 Å². The lowest BCUT2D eigenvalue weighted by Gasteiger charge is -2.24. The van der Waals surface area contributed by atoms with E-state index in [0.29, 0.717) is 22.8 Å². The highest BCUT2D eigenvalue weighted by atomic mass is 16.6. The number of para-hydroxylation sites is 3. The number of terminal acetylenes is 1. The standard InChI is InChI=1S/C19H16N2O4/c1-2-11-23-15-8-4-3-7-14(15)12-20-21-19(22)18-13-24-16-9-5-6-10-17(16)25-18/h1,3-10,12,18H,11,13H2,(H,21,22)/b20-12-/t18-/m0/s1. The van der Waals surface area contributed by atoms with Crippen molar-refractivity contribution in [3.05, 3.63) is 54.1 Å². The van der Waals surface area contributed by atoms with Crippen molar-refractivity contribution < 1.29 is 19.0 Å². The molecule has 2 aromatic rings. The van der Waals surface area contributed by atoms with Crippen molar-refractivity contribution in [2.24, 2.45) is 5.10 Å². The Balaban J connectivity index is 1.60. The van der Waals surface area contributed by atoms with Gasteiger partial charge in [-0.1, -0.05) is 30.2 Å². The summed E-state index contributed by atoms with van der Waals surface area (Å²) in [6.45, 7) is 0.282. The zero-order valence-corrected chi connectivity index (χ0v) is 13.3. The zero-order valence-electron chi connectivity index (χ0n) is 13.3. The summed E-state index contributed by atoms with van der Waals surface area (Å²) in [5.41, 5.74) is 3.14. The smallest absolute Gasteiger partial charge is 0.284 e. The predicted octanol–water partition coefficient (Wildman–Crippen LogP) is 1.99. The van der Waals surface area contributed by atoms with Crippen LogP contribution in [0.2, 0.25) is 0 Å². The highest BCUT2D eigenvalue weighted by Gasteiger charge is 2.26. The first kappa shape index (κ1) is 16.4. The van der Waals surface area contributed by atoms with E-state index < -0.39 is 12.0 Å². The first-order chi connectivity index (χ1) is 12.3. The number of nitrogens with zero attached hydrogens (tertiary/aromatic N) is 1. The molecule has 0 unspecified atom stereocenters. The van der Waals surface area contributed by atoms with Crippen molar-refractivity contribution in [3.63, 3.8) is 0 Å². The van der Waals surface area contributed by atoms with Gasteiger partial charge < -0.3 is 14.2 Å². The van der Waals surface area contributed by atoms with Crippen molar-refractivity contribution >= 4 is 12.1 Å². The van der Waals surface area contributed by atoms with Crippen LogP contribution in [0.15, 0.2) is 53.6 Å². The average Bonchev–Trinajstić information content (AvgIpc) is 2.66. The molecule has 0 radical (unpaired) electrons. The number of rotatable bonds is 5. The third-order valence-corrected chi connectivity index (χ3v) is 3.41. The minimum atomic E-state index is -0.764. The molecule has 1 amide bonds. The van der Waals surface area contributed by atoms with Crippen LogP contribution in [0.3, 0.4) is 0 Å². The van der Waals surface area contributed by atoms with Crippen LogP contribution in [0, 0.1) is 12.3 Å². The number of carbonyl (C=O) groups is 1. The SMILES string of the molecule is C#CCOc1ccccc1/C=N\NC(=O)[C@@H]1COc2ccccc2O1. The normalized spacial score (nSPS) is 15.4. The molecule has 3 rings (SSSR count). The number of nitrogens with one attached hydrogen (secondary N) is 1. The number of hydrogen-bond donors (Lipinski definition) is 1. The van der Waals surface area contributed by atoms with E-state index in [9.17, 15) is 4.79 Å². The highest BCUT2D eigenvalue weighted by Crippen LogP contribution is 2.30. The summed E-state index contributed by atoms with van der Waals surface area (Å²) in [5, 5.41) is 3.95. The lowest BCUT2D eigenvalue weighted by Crippen LogP contribution is -2.42. The molecule has 0 bridgehead atoms. The van der Waals surface area contributed by atoms with E-state index in [4.69, 9.17) is 20.6 Å². The Morgan fingerprint density at radius 2 is 2.04 bits per heavy atom. The van der Waals surface area contributed by atoms with Gasteiger partial charge in [-0.05, 0) is 24.3 Å². The van der Waals surface area contributed by atoms with E-state index in [2.05, 4.69) is 16.4 Å². The molecule has 25 heavy (non-hydrogen) atoms. The van der Waals surface area contributed by atoms with Crippen LogP contribution in [-0.2, 0) is 4.79 Å². The summed E-state index contributed by atoms with van der Waals surface area (Å²) in [6.07, 6.45) is 5.92. The molecule has 126 valence electrons. The van der Waals surface area contributed by atoms with Gasteiger partial charge in [0.1, 0.15) is 19.0 Å². The molecular formula is C19H16N2O4. The summed E-state index contributed by atoms with van der Waals surface area (Å²) < 4.78 is 16.5. The Kier molecular flexibility index (Phi) is 5.17. The first-order valence-electron chi connectivity index (χ1n) is 7.64. The number of benzene rings is 2. The fraction of sp³-hybridized carbons (Fsp3) is 0.158. The molecule has 1 N–H and O–H groups in total. The van der Waals surface area contributed by atoms with Crippen LogP contribution >= 0.6 is 0 Å². The Morgan fingerprint density at radius 3 is 2.88 bits per heavy atom. The Hall–Kier alpha value is -3.46. The third kappa shape index (κ3) is 4.09. The van der Waals surface area contributed by atoms with Gasteiger partial charge in [-0.15, -0.1) is 6.42 Å². The van der Waals surface area contributed by atoms with Crippen LogP contribution in [-0.4, -0.2) is 31.4 Å². The number of amides is 1. The second kappa shape index (κ2) is 7.88. The van der Waals surface area contributed by atoms with E-state index in [-0.39, 0.29) is 13.2 Å². The number of hydrazone groups is 1. The number of carbonyl (C=O) groups excluding carboxylic acids is 1. The molecule has 0 saturated carbocycles. The number of fused-ring (bicyclic) bond motifs is 1. The lowest BCUT2D eigenvalue weighted by molar-refractivity contribution is -0.130. The average molecular weight is 336 g/mol. The van der Waals surface area contributed by atoms with Crippen molar-refractivity contribution in [2.45, 2.75) is 6.10 Å². The van der Waals surface area contributed by atoms with Gasteiger partial charge in [0.15, 0.2) is 11.5 Å². The predicted molar refractivity (Wildman–Crippen MR) is 92.9 cm³/mol. The van der Waals surface area contributed by atoms with E-state index >= 15 is 0 Å². The molecule has 0 saturated heterocycles. The summed E-state index contributed by atoms with van der Waals surface area (Å²) >= 11 is 0. The van der Waals surface area contributed by atoms with E-state index in [1.807, 2.05) is 24.3 Å². The topological polar surface area (TPSA) is 69.2 Å². The first-order valence-corrected chi connectivity index (χ1v) is 7.64. The van der Waals surface area contributed by atoms with Gasteiger partial charge in [-0.25, -0.2) is 5.43 Å². The maximum atomic E-state index is 12.2. The molecule has 1 aliphatic heterocycles. The highest BCUT2D eigenvalue weighted by molar-refractivity contribution is 5.86. The summed E-state index contributed by atoms with van der Waals surface area (Å²) in [4.78, 5) is 12.2. The van der Waals surface area contributed by atoms with E-state index in [1.165, 1.54) is 6.21 Å². The van der Waals surface area contributed by atoms with E-state index in [0.717, 1.165) is 0 Å². The monoisotopic (exact) mass is 336 g/mol. The molecule has 0 aromatic heterocycles. The molecule has 2 aromatic carbocycles. The second-order valence-corrected chi connectivity index (χ2v) is 5.13. The van der Waals surface area contributed by atoms with Crippen molar-refractivity contribution in [1.29, 1.82) is 0 Å². The number of hydrogen-bond acceptors (Lipinski definition) is 5. The van der Waals surface area contributed by atoms with Crippen LogP contribution in [0.5, 0.6) is 17.2 Å². The van der Waals surface area contributed by atoms with Crippen molar-refractivity contribution in [2.75, 3.05) is 13.2 Å². The zero-order chi connectivity index (χ0) is 17.5. The summed E-state index contributed by atoms with van der Waals surface area (Å²) in [5.74, 6) is 3.75. The Morgan fingerprint density at radius 1 is 1.28 bits per heavy atom. The maximum absolute atomic E-state index is 12.2. The Bertz CT molecular complexity index is 826. The molecular weight excluding hydrogens is 320 g/mol. The van der Waals surface area contributed by atoms with Gasteiger partial charge in [0.05, 0.1) is 6.21 Å². The third-order valence-electron chi connectivity index (χ3n) is 3.41. The minimum Gasteiger partial charge on any atom is -0.485 e. The fourth-order valence-corrected chi connectivity index (χ4v) is 2.22. The van der Waals surface area contributed by atoms with Crippen molar-refractivity contribution in [1.82, 2.24) is 5.43 Å². The van der Waals surface area contributed by atoms with Gasteiger partial charge in [0, 0.05) is 5.56 Å². The molecule has 6 nitrogen and oxygen atoms in total. The van der Waals surface area contributed by atoms with Gasteiger partial charge in [0.2, 0.25) is 6.10 Å². The van der Waals surface area contributed by atoms with Crippen LogP contribution in [0.25, 0.3) is 0 Å². The molecule has 0 aliphatic carbocycles. The van der Waals surface area contributed by atoms with Crippen LogP contribution < -0.4 is 19.6 Å². The fourth-order valence-electron chi connectivity index (χ4n) is 2.22. The molecule has 6 heteroatoms. The Labute approximate surface area is 145 Å². The number of ether oxygens (including phenoxy) is 3. The summed E-state index contributed by atoms with van der Waals surface area (Å²) in [7, 11) is 0. The molecule has 0 fully saturated rings. The van der Waals surface area contributed by atoms with E-state index in [1.54, 1.807) is 24.3 Å². The molecule has 1 aliphatic rings. The maximum Gasteiger partial charge on any atom is 0.284 e. The minimum absolute atomic E-state index is 0.125. The summed E-state index contributed by atoms with van der Waals surface area (Å²) in [6, 6.07) is 14.4. The second-order valence-electron chi connectivity index (χ2n) is 5.13. The lowest BCUT2D eigenvalue weighted by atomic mass is 10.2. The van der Waals surface area contributed by atoms with Crippen molar-refractivity contribution in [3.8, 4) is 29.6 Å². The molecule has 1 heterocycles. The molecule has 0 spiro atoms. The largest absolute Gasteiger partial charge is 0.485 e. The molecule has 1 atom stereocenters. The van der Waals surface area contributed by atoms with Gasteiger partial charge in [-0.2, -0.15) is 5.10 Å². The van der Waals surface area contributed by atoms with Gasteiger partial charge in [0.25, 0.3) is 5.91 Å².